The normalized spacial score (nSPS) is 15.4. The second-order valence-corrected chi connectivity index (χ2v) is 2.94. The van der Waals surface area contributed by atoms with Crippen LogP contribution in [-0.2, 0) is 6.54 Å². The van der Waals surface area contributed by atoms with Crippen LogP contribution in [0, 0.1) is 0 Å². The molecule has 0 saturated heterocycles. The average Bonchev–Trinajstić information content (AvgIpc) is 2.14. The minimum absolute atomic E-state index is 0.885. The molecule has 2 rings (SSSR count). The lowest BCUT2D eigenvalue weighted by Crippen LogP contribution is -2.29. The van der Waals surface area contributed by atoms with E-state index >= 15 is 0 Å². The van der Waals surface area contributed by atoms with Gasteiger partial charge in [-0.3, -0.25) is 0 Å². The van der Waals surface area contributed by atoms with Crippen molar-refractivity contribution in [3.63, 3.8) is 0 Å². The Hall–Kier alpha value is -1.38. The van der Waals surface area contributed by atoms with E-state index in [4.69, 9.17) is 0 Å². The maximum absolute atomic E-state index is 4.02. The molecule has 0 atom stereocenters. The first kappa shape index (κ1) is 7.28. The van der Waals surface area contributed by atoms with Crippen molar-refractivity contribution in [3.8, 4) is 0 Å². The molecular weight excluding hydrogens is 150 g/mol. The number of allylic oxidation sites excluding steroid dienone is 1. The highest BCUT2D eigenvalue weighted by atomic mass is 15.2. The number of nitrogens with zero attached hydrogens (tertiary/aromatic N) is 3. The predicted molar refractivity (Wildman–Crippen MR) is 46.2 cm³/mol. The SMILES string of the molecule is CC1=CCN1Cc1cccnn1. The Morgan fingerprint density at radius 1 is 1.58 bits per heavy atom. The summed E-state index contributed by atoms with van der Waals surface area (Å²) in [6.07, 6.45) is 3.90. The van der Waals surface area contributed by atoms with E-state index in [1.807, 2.05) is 12.1 Å². The fraction of sp³-hybridized carbons (Fsp3) is 0.333. The molecule has 0 aromatic carbocycles. The zero-order valence-electron chi connectivity index (χ0n) is 7.07. The van der Waals surface area contributed by atoms with Gasteiger partial charge < -0.3 is 4.90 Å². The van der Waals surface area contributed by atoms with Gasteiger partial charge in [-0.1, -0.05) is 0 Å². The molecule has 0 unspecified atom stereocenters. The summed E-state index contributed by atoms with van der Waals surface area (Å²) >= 11 is 0. The summed E-state index contributed by atoms with van der Waals surface area (Å²) in [5.41, 5.74) is 2.37. The first-order chi connectivity index (χ1) is 5.86. The maximum atomic E-state index is 4.02. The second-order valence-electron chi connectivity index (χ2n) is 2.94. The third kappa shape index (κ3) is 1.30. The van der Waals surface area contributed by atoms with Crippen LogP contribution in [0.25, 0.3) is 0 Å². The summed E-state index contributed by atoms with van der Waals surface area (Å²) in [6.45, 7) is 4.04. The molecule has 3 heteroatoms. The largest absolute Gasteiger partial charge is 0.365 e. The number of rotatable bonds is 2. The van der Waals surface area contributed by atoms with Crippen LogP contribution < -0.4 is 0 Å². The van der Waals surface area contributed by atoms with Crippen molar-refractivity contribution >= 4 is 0 Å². The Kier molecular flexibility index (Phi) is 1.78. The maximum Gasteiger partial charge on any atom is 0.0824 e. The van der Waals surface area contributed by atoms with Crippen molar-refractivity contribution < 1.29 is 0 Å². The van der Waals surface area contributed by atoms with Crippen molar-refractivity contribution in [2.24, 2.45) is 0 Å². The lowest BCUT2D eigenvalue weighted by Gasteiger charge is -2.30. The summed E-state index contributed by atoms with van der Waals surface area (Å²) in [5, 5.41) is 7.84. The van der Waals surface area contributed by atoms with E-state index in [1.165, 1.54) is 5.70 Å². The Morgan fingerprint density at radius 3 is 3.00 bits per heavy atom. The predicted octanol–water partition coefficient (Wildman–Crippen LogP) is 1.20. The number of aromatic nitrogens is 2. The molecule has 1 aliphatic rings. The second kappa shape index (κ2) is 2.93. The fourth-order valence-electron chi connectivity index (χ4n) is 1.21. The van der Waals surface area contributed by atoms with Crippen molar-refractivity contribution in [1.82, 2.24) is 15.1 Å². The van der Waals surface area contributed by atoms with Gasteiger partial charge in [0.25, 0.3) is 0 Å². The van der Waals surface area contributed by atoms with Gasteiger partial charge in [-0.15, -0.1) is 0 Å². The standard InChI is InChI=1S/C9H11N3/c1-8-4-6-12(8)7-9-3-2-5-10-11-9/h2-5H,6-7H2,1H3. The Bertz CT molecular complexity index is 292. The Morgan fingerprint density at radius 2 is 2.50 bits per heavy atom. The summed E-state index contributed by atoms with van der Waals surface area (Å²) in [6, 6.07) is 3.92. The molecule has 0 fully saturated rings. The van der Waals surface area contributed by atoms with E-state index in [0.29, 0.717) is 0 Å². The molecule has 1 aromatic rings. The Labute approximate surface area is 71.7 Å². The molecule has 3 nitrogen and oxygen atoms in total. The van der Waals surface area contributed by atoms with Crippen LogP contribution in [-0.4, -0.2) is 21.6 Å². The lowest BCUT2D eigenvalue weighted by atomic mass is 10.2. The fourth-order valence-corrected chi connectivity index (χ4v) is 1.21. The van der Waals surface area contributed by atoms with Crippen molar-refractivity contribution in [2.75, 3.05) is 6.54 Å². The van der Waals surface area contributed by atoms with Gasteiger partial charge in [0.15, 0.2) is 0 Å². The van der Waals surface area contributed by atoms with Crippen LogP contribution in [0.3, 0.4) is 0 Å². The third-order valence-corrected chi connectivity index (χ3v) is 2.09. The van der Waals surface area contributed by atoms with E-state index in [0.717, 1.165) is 18.8 Å². The van der Waals surface area contributed by atoms with E-state index in [2.05, 4.69) is 28.1 Å². The minimum Gasteiger partial charge on any atom is -0.365 e. The topological polar surface area (TPSA) is 29.0 Å². The van der Waals surface area contributed by atoms with Crippen molar-refractivity contribution in [2.45, 2.75) is 13.5 Å². The molecule has 0 N–H and O–H groups in total. The molecule has 12 heavy (non-hydrogen) atoms. The van der Waals surface area contributed by atoms with E-state index in [1.54, 1.807) is 6.20 Å². The molecule has 0 aliphatic carbocycles. The zero-order chi connectivity index (χ0) is 8.39. The first-order valence-electron chi connectivity index (χ1n) is 4.04. The van der Waals surface area contributed by atoms with Crippen LogP contribution in [0.15, 0.2) is 30.1 Å². The molecular formula is C9H11N3. The monoisotopic (exact) mass is 161 g/mol. The lowest BCUT2D eigenvalue weighted by molar-refractivity contribution is 0.323. The molecule has 0 spiro atoms. The van der Waals surface area contributed by atoms with Gasteiger partial charge in [0, 0.05) is 18.4 Å². The van der Waals surface area contributed by atoms with Crippen LogP contribution in [0.1, 0.15) is 12.6 Å². The van der Waals surface area contributed by atoms with Crippen molar-refractivity contribution in [3.05, 3.63) is 35.8 Å². The van der Waals surface area contributed by atoms with Crippen LogP contribution in [0.4, 0.5) is 0 Å². The minimum atomic E-state index is 0.885. The molecule has 62 valence electrons. The zero-order valence-corrected chi connectivity index (χ0v) is 7.07. The van der Waals surface area contributed by atoms with Gasteiger partial charge in [-0.25, -0.2) is 0 Å². The van der Waals surface area contributed by atoms with Gasteiger partial charge in [0.05, 0.1) is 12.2 Å². The van der Waals surface area contributed by atoms with E-state index in [9.17, 15) is 0 Å². The molecule has 0 saturated carbocycles. The van der Waals surface area contributed by atoms with Gasteiger partial charge in [0.2, 0.25) is 0 Å². The summed E-state index contributed by atoms with van der Waals surface area (Å²) < 4.78 is 0. The molecule has 0 amide bonds. The van der Waals surface area contributed by atoms with Crippen molar-refractivity contribution in [1.29, 1.82) is 0 Å². The summed E-state index contributed by atoms with van der Waals surface area (Å²) in [4.78, 5) is 2.27. The van der Waals surface area contributed by atoms with Crippen LogP contribution in [0.5, 0.6) is 0 Å². The molecule has 1 aromatic heterocycles. The number of hydrogen-bond donors (Lipinski definition) is 0. The van der Waals surface area contributed by atoms with Gasteiger partial charge in [-0.05, 0) is 25.1 Å². The third-order valence-electron chi connectivity index (χ3n) is 2.09. The highest BCUT2D eigenvalue weighted by Gasteiger charge is 2.12. The highest BCUT2D eigenvalue weighted by molar-refractivity contribution is 5.12. The van der Waals surface area contributed by atoms with Gasteiger partial charge >= 0.3 is 0 Å². The summed E-state index contributed by atoms with van der Waals surface area (Å²) in [7, 11) is 0. The number of hydrogen-bond acceptors (Lipinski definition) is 3. The van der Waals surface area contributed by atoms with Crippen LogP contribution in [0.2, 0.25) is 0 Å². The molecule has 0 radical (unpaired) electrons. The van der Waals surface area contributed by atoms with E-state index < -0.39 is 0 Å². The van der Waals surface area contributed by atoms with Crippen LogP contribution >= 0.6 is 0 Å². The Balaban J connectivity index is 2.01. The summed E-state index contributed by atoms with van der Waals surface area (Å²) in [5.74, 6) is 0. The molecule has 2 heterocycles. The average molecular weight is 161 g/mol. The smallest absolute Gasteiger partial charge is 0.0824 e. The first-order valence-corrected chi connectivity index (χ1v) is 4.04. The van der Waals surface area contributed by atoms with Gasteiger partial charge in [-0.2, -0.15) is 10.2 Å². The quantitative estimate of drug-likeness (QED) is 0.652. The van der Waals surface area contributed by atoms with E-state index in [-0.39, 0.29) is 0 Å². The van der Waals surface area contributed by atoms with Gasteiger partial charge in [0.1, 0.15) is 0 Å². The molecule has 0 bridgehead atoms. The molecule has 1 aliphatic heterocycles. The highest BCUT2D eigenvalue weighted by Crippen LogP contribution is 2.15.